The van der Waals surface area contributed by atoms with Gasteiger partial charge >= 0.3 is 0 Å². The van der Waals surface area contributed by atoms with Gasteiger partial charge < -0.3 is 4.90 Å². The Morgan fingerprint density at radius 2 is 1.69 bits per heavy atom. The van der Waals surface area contributed by atoms with Crippen molar-refractivity contribution in [3.05, 3.63) is 64.6 Å². The zero-order valence-electron chi connectivity index (χ0n) is 14.7. The molecule has 26 heavy (non-hydrogen) atoms. The second kappa shape index (κ2) is 7.43. The molecular formula is C20H18N2O2S2. The Labute approximate surface area is 162 Å². The highest BCUT2D eigenvalue weighted by atomic mass is 32.2. The van der Waals surface area contributed by atoms with Crippen LogP contribution in [0.5, 0.6) is 0 Å². The fourth-order valence-corrected chi connectivity index (χ4v) is 3.85. The molecule has 1 aliphatic heterocycles. The topological polar surface area (TPSA) is 40.6 Å². The minimum atomic E-state index is -0.146. The number of anilines is 2. The van der Waals surface area contributed by atoms with Crippen LogP contribution in [0.1, 0.15) is 22.8 Å². The number of rotatable bonds is 4. The van der Waals surface area contributed by atoms with Crippen LogP contribution >= 0.6 is 24.0 Å². The third-order valence-corrected chi connectivity index (χ3v) is 5.34. The minimum absolute atomic E-state index is 0.0111. The zero-order chi connectivity index (χ0) is 18.8. The molecule has 1 amide bonds. The van der Waals surface area contributed by atoms with Crippen molar-refractivity contribution in [1.29, 1.82) is 0 Å². The highest BCUT2D eigenvalue weighted by molar-refractivity contribution is 8.27. The summed E-state index contributed by atoms with van der Waals surface area (Å²) in [6, 6.07) is 14.9. The maximum absolute atomic E-state index is 12.8. The SMILES string of the molecule is CC(=O)c1ccc(N2C(=O)/C(=C/c3ccc(N(C)C)cc3)SC2=S)cc1. The Bertz CT molecular complexity index is 900. The summed E-state index contributed by atoms with van der Waals surface area (Å²) in [5.41, 5.74) is 3.32. The number of carbonyl (C=O) groups is 2. The van der Waals surface area contributed by atoms with Gasteiger partial charge in [-0.05, 0) is 55.0 Å². The van der Waals surface area contributed by atoms with Crippen LogP contribution < -0.4 is 9.80 Å². The number of thiocarbonyl (C=S) groups is 1. The molecule has 3 rings (SSSR count). The van der Waals surface area contributed by atoms with Crippen molar-refractivity contribution in [3.63, 3.8) is 0 Å². The van der Waals surface area contributed by atoms with Crippen LogP contribution in [0.3, 0.4) is 0 Å². The zero-order valence-corrected chi connectivity index (χ0v) is 16.4. The molecule has 1 saturated heterocycles. The van der Waals surface area contributed by atoms with E-state index >= 15 is 0 Å². The van der Waals surface area contributed by atoms with Gasteiger partial charge in [-0.3, -0.25) is 14.5 Å². The molecule has 0 radical (unpaired) electrons. The number of thioether (sulfide) groups is 1. The van der Waals surface area contributed by atoms with Crippen LogP contribution in [0, 0.1) is 0 Å². The number of Topliss-reactive ketones (excluding diaryl/α,β-unsaturated/α-hetero) is 1. The first-order valence-electron chi connectivity index (χ1n) is 8.03. The average molecular weight is 383 g/mol. The highest BCUT2D eigenvalue weighted by Crippen LogP contribution is 2.36. The predicted octanol–water partition coefficient (Wildman–Crippen LogP) is 4.36. The molecule has 0 bridgehead atoms. The molecule has 1 aliphatic rings. The van der Waals surface area contributed by atoms with Gasteiger partial charge in [-0.2, -0.15) is 0 Å². The molecule has 4 nitrogen and oxygen atoms in total. The van der Waals surface area contributed by atoms with E-state index in [1.54, 1.807) is 24.3 Å². The van der Waals surface area contributed by atoms with Crippen LogP contribution in [-0.2, 0) is 4.79 Å². The molecule has 2 aromatic carbocycles. The summed E-state index contributed by atoms with van der Waals surface area (Å²) in [4.78, 5) is 28.3. The van der Waals surface area contributed by atoms with Crippen molar-refractivity contribution >= 4 is 57.4 Å². The monoisotopic (exact) mass is 382 g/mol. The van der Waals surface area contributed by atoms with Gasteiger partial charge in [0.05, 0.1) is 10.6 Å². The molecule has 6 heteroatoms. The normalized spacial score (nSPS) is 15.7. The number of hydrogen-bond donors (Lipinski definition) is 0. The van der Waals surface area contributed by atoms with E-state index in [4.69, 9.17) is 12.2 Å². The fourth-order valence-electron chi connectivity index (χ4n) is 2.56. The number of ketones is 1. The van der Waals surface area contributed by atoms with E-state index in [0.717, 1.165) is 11.3 Å². The lowest BCUT2D eigenvalue weighted by Crippen LogP contribution is -2.27. The number of benzene rings is 2. The molecule has 132 valence electrons. The first kappa shape index (κ1) is 18.4. The van der Waals surface area contributed by atoms with Crippen molar-refractivity contribution in [2.45, 2.75) is 6.92 Å². The summed E-state index contributed by atoms with van der Waals surface area (Å²) in [5.74, 6) is -0.157. The Kier molecular flexibility index (Phi) is 5.25. The van der Waals surface area contributed by atoms with Crippen LogP contribution in [0.4, 0.5) is 11.4 Å². The number of nitrogens with zero attached hydrogens (tertiary/aromatic N) is 2. The lowest BCUT2D eigenvalue weighted by molar-refractivity contribution is -0.113. The molecule has 0 spiro atoms. The van der Waals surface area contributed by atoms with Gasteiger partial charge in [-0.1, -0.05) is 36.1 Å². The van der Waals surface area contributed by atoms with Crippen LogP contribution in [0.15, 0.2) is 53.4 Å². The van der Waals surface area contributed by atoms with Gasteiger partial charge in [0, 0.05) is 25.3 Å². The first-order valence-corrected chi connectivity index (χ1v) is 9.25. The Balaban J connectivity index is 1.85. The first-order chi connectivity index (χ1) is 12.4. The van der Waals surface area contributed by atoms with Gasteiger partial charge in [0.15, 0.2) is 10.1 Å². The largest absolute Gasteiger partial charge is 0.378 e. The van der Waals surface area contributed by atoms with Gasteiger partial charge in [0.1, 0.15) is 0 Å². The number of amides is 1. The molecule has 0 aliphatic carbocycles. The van der Waals surface area contributed by atoms with Crippen molar-refractivity contribution in [2.24, 2.45) is 0 Å². The summed E-state index contributed by atoms with van der Waals surface area (Å²) in [7, 11) is 3.97. The average Bonchev–Trinajstić information content (AvgIpc) is 2.89. The maximum Gasteiger partial charge on any atom is 0.270 e. The van der Waals surface area contributed by atoms with E-state index < -0.39 is 0 Å². The second-order valence-electron chi connectivity index (χ2n) is 6.11. The fraction of sp³-hybridized carbons (Fsp3) is 0.150. The Morgan fingerprint density at radius 3 is 2.23 bits per heavy atom. The molecule has 0 unspecified atom stereocenters. The van der Waals surface area contributed by atoms with Crippen molar-refractivity contribution in [1.82, 2.24) is 0 Å². The summed E-state index contributed by atoms with van der Waals surface area (Å²) >= 11 is 6.67. The predicted molar refractivity (Wildman–Crippen MR) is 113 cm³/mol. The van der Waals surface area contributed by atoms with E-state index in [0.29, 0.717) is 20.5 Å². The van der Waals surface area contributed by atoms with E-state index in [-0.39, 0.29) is 11.7 Å². The van der Waals surface area contributed by atoms with Gasteiger partial charge in [0.25, 0.3) is 5.91 Å². The summed E-state index contributed by atoms with van der Waals surface area (Å²) < 4.78 is 0.488. The van der Waals surface area contributed by atoms with E-state index in [9.17, 15) is 9.59 Å². The summed E-state index contributed by atoms with van der Waals surface area (Å²) in [6.45, 7) is 1.51. The Morgan fingerprint density at radius 1 is 1.08 bits per heavy atom. The quantitative estimate of drug-likeness (QED) is 0.446. The lowest BCUT2D eigenvalue weighted by Gasteiger charge is -2.14. The third-order valence-electron chi connectivity index (χ3n) is 4.03. The van der Waals surface area contributed by atoms with Crippen LogP contribution in [0.2, 0.25) is 0 Å². The summed E-state index contributed by atoms with van der Waals surface area (Å²) in [5, 5.41) is 0. The standard InChI is InChI=1S/C20H18N2O2S2/c1-13(23)15-6-10-17(11-7-15)22-19(24)18(26-20(22)25)12-14-4-8-16(9-5-14)21(2)3/h4-12H,1-3H3/b18-12-. The lowest BCUT2D eigenvalue weighted by atomic mass is 10.1. The molecule has 2 aromatic rings. The smallest absolute Gasteiger partial charge is 0.270 e. The highest BCUT2D eigenvalue weighted by Gasteiger charge is 2.33. The Hall–Kier alpha value is -2.44. The summed E-state index contributed by atoms with van der Waals surface area (Å²) in [6.07, 6.45) is 1.85. The van der Waals surface area contributed by atoms with E-state index in [1.807, 2.05) is 49.3 Å². The van der Waals surface area contributed by atoms with Crippen molar-refractivity contribution in [2.75, 3.05) is 23.9 Å². The molecule has 0 saturated carbocycles. The molecule has 0 aromatic heterocycles. The molecule has 0 N–H and O–H groups in total. The second-order valence-corrected chi connectivity index (χ2v) is 7.78. The van der Waals surface area contributed by atoms with E-state index in [2.05, 4.69) is 0 Å². The van der Waals surface area contributed by atoms with Crippen molar-refractivity contribution < 1.29 is 9.59 Å². The van der Waals surface area contributed by atoms with Crippen LogP contribution in [0.25, 0.3) is 6.08 Å². The molecular weight excluding hydrogens is 364 g/mol. The third kappa shape index (κ3) is 3.71. The number of hydrogen-bond acceptors (Lipinski definition) is 5. The maximum atomic E-state index is 12.8. The molecule has 1 heterocycles. The van der Waals surface area contributed by atoms with Gasteiger partial charge in [-0.25, -0.2) is 0 Å². The van der Waals surface area contributed by atoms with Crippen LogP contribution in [-0.4, -0.2) is 30.1 Å². The minimum Gasteiger partial charge on any atom is -0.378 e. The molecule has 0 atom stereocenters. The molecule has 1 fully saturated rings. The van der Waals surface area contributed by atoms with Gasteiger partial charge in [0.2, 0.25) is 0 Å². The number of carbonyl (C=O) groups excluding carboxylic acids is 2. The van der Waals surface area contributed by atoms with E-state index in [1.165, 1.54) is 23.6 Å². The van der Waals surface area contributed by atoms with Crippen molar-refractivity contribution in [3.8, 4) is 0 Å². The van der Waals surface area contributed by atoms with Gasteiger partial charge in [-0.15, -0.1) is 0 Å².